The number of rotatable bonds is 3. The van der Waals surface area contributed by atoms with Gasteiger partial charge < -0.3 is 4.90 Å². The van der Waals surface area contributed by atoms with Gasteiger partial charge in [0.1, 0.15) is 5.84 Å². The Morgan fingerprint density at radius 3 is 2.42 bits per heavy atom. The van der Waals surface area contributed by atoms with E-state index in [4.69, 9.17) is 5.41 Å². The predicted molar refractivity (Wildman–Crippen MR) is 78.3 cm³/mol. The van der Waals surface area contributed by atoms with E-state index in [0.717, 1.165) is 25.1 Å². The number of aryl methyl sites for hydroxylation is 1. The third-order valence-electron chi connectivity index (χ3n) is 3.81. The Morgan fingerprint density at radius 2 is 1.68 bits per heavy atom. The summed E-state index contributed by atoms with van der Waals surface area (Å²) in [6, 6.07) is 16.8. The lowest BCUT2D eigenvalue weighted by Gasteiger charge is -2.19. The highest BCUT2D eigenvalue weighted by atomic mass is 15.2. The smallest absolute Gasteiger partial charge is 0.129 e. The molecule has 2 aromatic rings. The first-order chi connectivity index (χ1) is 9.29. The summed E-state index contributed by atoms with van der Waals surface area (Å²) in [6.45, 7) is 3.87. The third-order valence-corrected chi connectivity index (χ3v) is 3.81. The molecule has 0 amide bonds. The van der Waals surface area contributed by atoms with E-state index in [1.54, 1.807) is 0 Å². The predicted octanol–water partition coefficient (Wildman–Crippen LogP) is 3.59. The maximum atomic E-state index is 8.29. The lowest BCUT2D eigenvalue weighted by atomic mass is 10.1. The largest absolute Gasteiger partial charge is 0.348 e. The van der Waals surface area contributed by atoms with Crippen molar-refractivity contribution >= 4 is 5.84 Å². The van der Waals surface area contributed by atoms with Gasteiger partial charge in [0.15, 0.2) is 0 Å². The van der Waals surface area contributed by atoms with Gasteiger partial charge in [0.25, 0.3) is 0 Å². The average molecular weight is 250 g/mol. The van der Waals surface area contributed by atoms with Crippen LogP contribution in [0, 0.1) is 5.41 Å². The van der Waals surface area contributed by atoms with Crippen molar-refractivity contribution in [3.05, 3.63) is 70.8 Å². The fourth-order valence-corrected chi connectivity index (χ4v) is 2.74. The molecule has 96 valence electrons. The molecular weight excluding hydrogens is 232 g/mol. The van der Waals surface area contributed by atoms with Crippen LogP contribution in [0.2, 0.25) is 0 Å². The Hall–Kier alpha value is -2.09. The lowest BCUT2D eigenvalue weighted by molar-refractivity contribution is 0.420. The van der Waals surface area contributed by atoms with Gasteiger partial charge in [-0.3, -0.25) is 5.41 Å². The Labute approximate surface area is 114 Å². The average Bonchev–Trinajstić information content (AvgIpc) is 2.77. The van der Waals surface area contributed by atoms with Crippen LogP contribution in [0.5, 0.6) is 0 Å². The molecule has 0 aromatic heterocycles. The summed E-state index contributed by atoms with van der Waals surface area (Å²) in [6.07, 6.45) is 1.05. The monoisotopic (exact) mass is 250 g/mol. The minimum Gasteiger partial charge on any atom is -0.348 e. The van der Waals surface area contributed by atoms with Gasteiger partial charge in [-0.1, -0.05) is 55.5 Å². The second kappa shape index (κ2) is 4.88. The summed E-state index contributed by atoms with van der Waals surface area (Å²) in [5.74, 6) is 0.654. The molecule has 0 bridgehead atoms. The van der Waals surface area contributed by atoms with Gasteiger partial charge in [0, 0.05) is 18.7 Å². The molecule has 3 rings (SSSR count). The second-order valence-electron chi connectivity index (χ2n) is 4.98. The van der Waals surface area contributed by atoms with Gasteiger partial charge in [0.05, 0.1) is 0 Å². The Balaban J connectivity index is 1.85. The van der Waals surface area contributed by atoms with E-state index in [2.05, 4.69) is 48.2 Å². The molecule has 2 aromatic carbocycles. The van der Waals surface area contributed by atoms with E-state index in [1.165, 1.54) is 16.7 Å². The first-order valence-electron chi connectivity index (χ1n) is 6.78. The molecule has 0 unspecified atom stereocenters. The van der Waals surface area contributed by atoms with Gasteiger partial charge in [-0.05, 0) is 23.1 Å². The Morgan fingerprint density at radius 1 is 1.00 bits per heavy atom. The van der Waals surface area contributed by atoms with Crippen molar-refractivity contribution in [3.8, 4) is 0 Å². The molecule has 1 aliphatic rings. The molecule has 0 saturated carbocycles. The first-order valence-corrected chi connectivity index (χ1v) is 6.78. The van der Waals surface area contributed by atoms with Crippen molar-refractivity contribution < 1.29 is 0 Å². The van der Waals surface area contributed by atoms with Crippen LogP contribution < -0.4 is 0 Å². The summed E-state index contributed by atoms with van der Waals surface area (Å²) >= 11 is 0. The van der Waals surface area contributed by atoms with E-state index in [-0.39, 0.29) is 0 Å². The second-order valence-corrected chi connectivity index (χ2v) is 4.98. The third kappa shape index (κ3) is 2.14. The zero-order valence-electron chi connectivity index (χ0n) is 11.2. The van der Waals surface area contributed by atoms with E-state index in [9.17, 15) is 0 Å². The molecule has 0 spiro atoms. The molecule has 0 fully saturated rings. The van der Waals surface area contributed by atoms with Gasteiger partial charge in [-0.2, -0.15) is 0 Å². The fraction of sp³-hybridized carbons (Fsp3) is 0.235. The lowest BCUT2D eigenvalue weighted by Crippen LogP contribution is -2.23. The molecule has 2 nitrogen and oxygen atoms in total. The van der Waals surface area contributed by atoms with Crippen molar-refractivity contribution in [2.75, 3.05) is 0 Å². The van der Waals surface area contributed by atoms with Crippen molar-refractivity contribution in [1.82, 2.24) is 4.90 Å². The summed E-state index contributed by atoms with van der Waals surface area (Å²) in [4.78, 5) is 2.15. The van der Waals surface area contributed by atoms with Crippen molar-refractivity contribution in [2.45, 2.75) is 26.4 Å². The van der Waals surface area contributed by atoms with E-state index in [0.29, 0.717) is 5.84 Å². The number of nitrogens with zero attached hydrogens (tertiary/aromatic N) is 1. The van der Waals surface area contributed by atoms with Crippen LogP contribution in [0.15, 0.2) is 48.5 Å². The summed E-state index contributed by atoms with van der Waals surface area (Å²) in [5, 5.41) is 8.29. The van der Waals surface area contributed by atoms with Crippen molar-refractivity contribution in [3.63, 3.8) is 0 Å². The molecule has 0 aliphatic carbocycles. The minimum absolute atomic E-state index is 0.654. The molecule has 2 heteroatoms. The highest BCUT2D eigenvalue weighted by molar-refractivity contribution is 6.00. The zero-order valence-corrected chi connectivity index (χ0v) is 11.2. The number of hydrogen-bond acceptors (Lipinski definition) is 1. The van der Waals surface area contributed by atoms with Crippen molar-refractivity contribution in [1.29, 1.82) is 5.41 Å². The van der Waals surface area contributed by atoms with Crippen LogP contribution in [-0.4, -0.2) is 10.7 Å². The van der Waals surface area contributed by atoms with E-state index >= 15 is 0 Å². The molecule has 1 N–H and O–H groups in total. The van der Waals surface area contributed by atoms with Crippen LogP contribution in [0.3, 0.4) is 0 Å². The van der Waals surface area contributed by atoms with Gasteiger partial charge in [-0.25, -0.2) is 0 Å². The van der Waals surface area contributed by atoms with E-state index in [1.807, 2.05) is 12.1 Å². The van der Waals surface area contributed by atoms with Gasteiger partial charge >= 0.3 is 0 Å². The number of nitrogens with one attached hydrogen (secondary N) is 1. The molecule has 0 radical (unpaired) electrons. The highest BCUT2D eigenvalue weighted by Crippen LogP contribution is 2.24. The summed E-state index contributed by atoms with van der Waals surface area (Å²) in [5.41, 5.74) is 5.06. The highest BCUT2D eigenvalue weighted by Gasteiger charge is 2.23. The first kappa shape index (κ1) is 12.0. The van der Waals surface area contributed by atoms with Crippen LogP contribution >= 0.6 is 0 Å². The van der Waals surface area contributed by atoms with Crippen molar-refractivity contribution in [2.24, 2.45) is 0 Å². The number of hydrogen-bond donors (Lipinski definition) is 1. The minimum atomic E-state index is 0.654. The molecule has 0 saturated heterocycles. The molecule has 1 heterocycles. The quantitative estimate of drug-likeness (QED) is 0.885. The molecule has 0 atom stereocenters. The zero-order chi connectivity index (χ0) is 13.2. The Kier molecular flexibility index (Phi) is 3.08. The Bertz CT molecular complexity index is 616. The topological polar surface area (TPSA) is 27.1 Å². The van der Waals surface area contributed by atoms with Gasteiger partial charge in [0.2, 0.25) is 0 Å². The number of amidine groups is 1. The van der Waals surface area contributed by atoms with Crippen LogP contribution in [0.25, 0.3) is 0 Å². The SMILES string of the molecule is CCc1ccccc1CN1Cc2ccccc2C1=N. The van der Waals surface area contributed by atoms with E-state index < -0.39 is 0 Å². The maximum Gasteiger partial charge on any atom is 0.129 e. The normalized spacial score (nSPS) is 13.7. The van der Waals surface area contributed by atoms with Crippen LogP contribution in [0.4, 0.5) is 0 Å². The van der Waals surface area contributed by atoms with Crippen LogP contribution in [0.1, 0.15) is 29.2 Å². The van der Waals surface area contributed by atoms with Gasteiger partial charge in [-0.15, -0.1) is 0 Å². The molecule has 1 aliphatic heterocycles. The molecule has 19 heavy (non-hydrogen) atoms. The number of benzene rings is 2. The van der Waals surface area contributed by atoms with Crippen LogP contribution in [-0.2, 0) is 19.5 Å². The summed E-state index contributed by atoms with van der Waals surface area (Å²) < 4.78 is 0. The fourth-order valence-electron chi connectivity index (χ4n) is 2.74. The standard InChI is InChI=1S/C17H18N2/c1-2-13-7-3-4-8-14(13)11-19-12-15-9-5-6-10-16(15)17(19)18/h3-10,18H,2,11-12H2,1H3. The maximum absolute atomic E-state index is 8.29. The number of fused-ring (bicyclic) bond motifs is 1. The molecular formula is C17H18N2. The summed E-state index contributed by atoms with van der Waals surface area (Å²) in [7, 11) is 0.